The van der Waals surface area contributed by atoms with Crippen LogP contribution in [0.25, 0.3) is 0 Å². The molecule has 2 saturated carbocycles. The summed E-state index contributed by atoms with van der Waals surface area (Å²) in [5, 5.41) is 3.53. The van der Waals surface area contributed by atoms with Crippen LogP contribution >= 0.6 is 0 Å². The van der Waals surface area contributed by atoms with E-state index in [1.165, 1.54) is 25.7 Å². The maximum absolute atomic E-state index is 10.7. The highest BCUT2D eigenvalue weighted by Crippen LogP contribution is 2.44. The Bertz CT molecular complexity index is 592. The second-order valence-electron chi connectivity index (χ2n) is 9.44. The quantitative estimate of drug-likeness (QED) is 0.802. The molecule has 3 aliphatic rings. The van der Waals surface area contributed by atoms with Gasteiger partial charge in [-0.05, 0) is 75.8 Å². The molecular formula is C23H38N4O. The van der Waals surface area contributed by atoms with Crippen molar-refractivity contribution >= 4 is 6.29 Å². The maximum Gasteiger partial charge on any atom is 0.124 e. The molecule has 1 N–H and O–H groups in total. The predicted octanol–water partition coefficient (Wildman–Crippen LogP) is 3.55. The van der Waals surface area contributed by atoms with Gasteiger partial charge in [-0.3, -0.25) is 14.9 Å². The minimum atomic E-state index is 0.204. The van der Waals surface area contributed by atoms with E-state index in [-0.39, 0.29) is 5.92 Å². The molecule has 28 heavy (non-hydrogen) atoms. The number of aldehydes is 1. The third kappa shape index (κ3) is 5.84. The number of nitrogens with zero attached hydrogens (tertiary/aromatic N) is 3. The highest BCUT2D eigenvalue weighted by Gasteiger charge is 2.38. The van der Waals surface area contributed by atoms with Crippen molar-refractivity contribution in [3.8, 4) is 0 Å². The normalized spacial score (nSPS) is 35.5. The lowest BCUT2D eigenvalue weighted by Crippen LogP contribution is -2.47. The largest absolute Gasteiger partial charge is 0.316 e. The first-order valence-electron chi connectivity index (χ1n) is 11.2. The summed E-state index contributed by atoms with van der Waals surface area (Å²) in [4.78, 5) is 21.2. The zero-order valence-electron chi connectivity index (χ0n) is 17.9. The number of rotatable bonds is 4. The SMILES string of the molecule is CNC1C(C)CC2CC(C)CC1C2.O=CC1CCCN(Cc2cnccn2)C1. The molecule has 1 aromatic rings. The molecule has 0 aromatic carbocycles. The second kappa shape index (κ2) is 10.4. The number of carbonyl (C=O) groups is 1. The van der Waals surface area contributed by atoms with Crippen molar-refractivity contribution in [2.75, 3.05) is 20.1 Å². The van der Waals surface area contributed by atoms with E-state index in [0.29, 0.717) is 0 Å². The summed E-state index contributed by atoms with van der Waals surface area (Å²) in [7, 11) is 2.14. The van der Waals surface area contributed by atoms with Gasteiger partial charge in [-0.1, -0.05) is 13.8 Å². The monoisotopic (exact) mass is 386 g/mol. The predicted molar refractivity (Wildman–Crippen MR) is 113 cm³/mol. The Morgan fingerprint density at radius 1 is 1.21 bits per heavy atom. The Hall–Kier alpha value is -1.33. The molecule has 0 radical (unpaired) electrons. The molecule has 4 rings (SSSR count). The fraction of sp³-hybridized carbons (Fsp3) is 0.783. The van der Waals surface area contributed by atoms with Crippen LogP contribution in [0.15, 0.2) is 18.6 Å². The van der Waals surface area contributed by atoms with E-state index in [1.807, 2.05) is 0 Å². The third-order valence-corrected chi connectivity index (χ3v) is 6.97. The molecule has 3 fully saturated rings. The molecule has 6 unspecified atom stereocenters. The molecule has 2 bridgehead atoms. The molecule has 1 saturated heterocycles. The van der Waals surface area contributed by atoms with Crippen LogP contribution < -0.4 is 5.32 Å². The minimum absolute atomic E-state index is 0.204. The Balaban J connectivity index is 0.000000162. The van der Waals surface area contributed by atoms with Gasteiger partial charge in [-0.25, -0.2) is 0 Å². The maximum atomic E-state index is 10.7. The molecule has 2 aliphatic carbocycles. The lowest BCUT2D eigenvalue weighted by molar-refractivity contribution is -0.112. The molecule has 0 spiro atoms. The average Bonchev–Trinajstić information content (AvgIpc) is 2.69. The van der Waals surface area contributed by atoms with E-state index < -0.39 is 0 Å². The van der Waals surface area contributed by atoms with Crippen LogP contribution in [0.5, 0.6) is 0 Å². The van der Waals surface area contributed by atoms with Crippen molar-refractivity contribution in [1.82, 2.24) is 20.2 Å². The molecule has 5 nitrogen and oxygen atoms in total. The summed E-state index contributed by atoms with van der Waals surface area (Å²) >= 11 is 0. The van der Waals surface area contributed by atoms with E-state index in [2.05, 4.69) is 41.1 Å². The Kier molecular flexibility index (Phi) is 7.98. The number of likely N-dealkylation sites (tertiary alicyclic amines) is 1. The number of hydrogen-bond donors (Lipinski definition) is 1. The molecule has 6 atom stereocenters. The van der Waals surface area contributed by atoms with Crippen molar-refractivity contribution in [3.05, 3.63) is 24.3 Å². The summed E-state index contributed by atoms with van der Waals surface area (Å²) in [6.07, 6.45) is 14.3. The van der Waals surface area contributed by atoms with Crippen LogP contribution in [0.4, 0.5) is 0 Å². The molecule has 0 amide bonds. The third-order valence-electron chi connectivity index (χ3n) is 6.97. The van der Waals surface area contributed by atoms with Gasteiger partial charge in [-0.2, -0.15) is 0 Å². The van der Waals surface area contributed by atoms with E-state index >= 15 is 0 Å². The molecule has 1 aromatic heterocycles. The van der Waals surface area contributed by atoms with Crippen molar-refractivity contribution in [3.63, 3.8) is 0 Å². The molecule has 2 heterocycles. The first-order chi connectivity index (χ1) is 13.6. The van der Waals surface area contributed by atoms with Crippen LogP contribution in [0.2, 0.25) is 0 Å². The summed E-state index contributed by atoms with van der Waals surface area (Å²) in [5.74, 6) is 4.11. The van der Waals surface area contributed by atoms with E-state index in [4.69, 9.17) is 0 Å². The lowest BCUT2D eigenvalue weighted by Gasteiger charge is -2.46. The minimum Gasteiger partial charge on any atom is -0.316 e. The smallest absolute Gasteiger partial charge is 0.124 e. The molecular weight excluding hydrogens is 348 g/mol. The van der Waals surface area contributed by atoms with Gasteiger partial charge < -0.3 is 10.1 Å². The van der Waals surface area contributed by atoms with Crippen molar-refractivity contribution in [2.24, 2.45) is 29.6 Å². The van der Waals surface area contributed by atoms with E-state index in [0.717, 1.165) is 74.2 Å². The van der Waals surface area contributed by atoms with Crippen LogP contribution in [0, 0.1) is 29.6 Å². The fourth-order valence-corrected chi connectivity index (χ4v) is 5.93. The number of nitrogens with one attached hydrogen (secondary N) is 1. The van der Waals surface area contributed by atoms with E-state index in [1.54, 1.807) is 18.6 Å². The number of carbonyl (C=O) groups excluding carboxylic acids is 1. The lowest BCUT2D eigenvalue weighted by atomic mass is 9.63. The van der Waals surface area contributed by atoms with Gasteiger partial charge in [0.1, 0.15) is 6.29 Å². The molecule has 5 heteroatoms. The summed E-state index contributed by atoms with van der Waals surface area (Å²) in [5.41, 5.74) is 0.976. The number of fused-ring (bicyclic) bond motifs is 2. The standard InChI is InChI=1S/C12H23N.C11H15N3O/c1-8-4-10-6-9(2)12(13-3)11(5-8)7-10;15-9-10-2-1-5-14(7-10)8-11-6-12-3-4-13-11/h8-13H,4-7H2,1-3H3;3-4,6,9-10H,1-2,5,7-8H2. The van der Waals surface area contributed by atoms with Gasteiger partial charge in [0, 0.05) is 43.6 Å². The zero-order valence-corrected chi connectivity index (χ0v) is 17.9. The summed E-state index contributed by atoms with van der Waals surface area (Å²) in [6, 6.07) is 0.805. The second-order valence-corrected chi connectivity index (χ2v) is 9.44. The van der Waals surface area contributed by atoms with Crippen molar-refractivity contribution in [1.29, 1.82) is 0 Å². The fourth-order valence-electron chi connectivity index (χ4n) is 5.93. The topological polar surface area (TPSA) is 58.1 Å². The molecule has 1 aliphatic heterocycles. The molecule has 156 valence electrons. The number of piperidine rings is 1. The van der Waals surface area contributed by atoms with E-state index in [9.17, 15) is 4.79 Å². The van der Waals surface area contributed by atoms with Gasteiger partial charge in [0.05, 0.1) is 5.69 Å². The van der Waals surface area contributed by atoms with Crippen molar-refractivity contribution < 1.29 is 4.79 Å². The first kappa shape index (κ1) is 21.4. The van der Waals surface area contributed by atoms with Gasteiger partial charge in [-0.15, -0.1) is 0 Å². The first-order valence-corrected chi connectivity index (χ1v) is 11.2. The average molecular weight is 387 g/mol. The Morgan fingerprint density at radius 3 is 2.79 bits per heavy atom. The highest BCUT2D eigenvalue weighted by atomic mass is 16.1. The highest BCUT2D eigenvalue weighted by molar-refractivity contribution is 5.53. The van der Waals surface area contributed by atoms with Crippen LogP contribution in [0.3, 0.4) is 0 Å². The van der Waals surface area contributed by atoms with Gasteiger partial charge in [0.2, 0.25) is 0 Å². The van der Waals surface area contributed by atoms with Crippen LogP contribution in [-0.4, -0.2) is 47.3 Å². The summed E-state index contributed by atoms with van der Waals surface area (Å²) < 4.78 is 0. The zero-order chi connectivity index (χ0) is 19.9. The Morgan fingerprint density at radius 2 is 2.07 bits per heavy atom. The van der Waals surface area contributed by atoms with Crippen LogP contribution in [-0.2, 0) is 11.3 Å². The Labute approximate surface area is 170 Å². The van der Waals surface area contributed by atoms with Crippen LogP contribution in [0.1, 0.15) is 58.1 Å². The van der Waals surface area contributed by atoms with Gasteiger partial charge >= 0.3 is 0 Å². The summed E-state index contributed by atoms with van der Waals surface area (Å²) in [6.45, 7) is 7.58. The number of aromatic nitrogens is 2. The van der Waals surface area contributed by atoms with Gasteiger partial charge in [0.15, 0.2) is 0 Å². The number of hydrogen-bond acceptors (Lipinski definition) is 5. The van der Waals surface area contributed by atoms with Crippen molar-refractivity contribution in [2.45, 2.75) is 65.0 Å². The van der Waals surface area contributed by atoms with Gasteiger partial charge in [0.25, 0.3) is 0 Å².